The first-order chi connectivity index (χ1) is 6.31. The molecule has 0 heterocycles. The number of allylic oxidation sites excluding steroid dienone is 2. The zero-order valence-electron chi connectivity index (χ0n) is 9.73. The van der Waals surface area contributed by atoms with Gasteiger partial charge in [-0.2, -0.15) is 0 Å². The Bertz CT molecular complexity index is 122. The molecule has 0 spiro atoms. The number of rotatable bonds is 8. The highest BCUT2D eigenvalue weighted by Crippen LogP contribution is 2.09. The molecule has 13 heavy (non-hydrogen) atoms. The number of hydrogen-bond acceptors (Lipinski definition) is 0. The van der Waals surface area contributed by atoms with Crippen LogP contribution in [0.15, 0.2) is 11.6 Å². The molecule has 0 N–H and O–H groups in total. The van der Waals surface area contributed by atoms with Crippen molar-refractivity contribution < 1.29 is 0 Å². The van der Waals surface area contributed by atoms with E-state index in [1.165, 1.54) is 51.4 Å². The third-order valence-electron chi connectivity index (χ3n) is 2.48. The van der Waals surface area contributed by atoms with Crippen LogP contribution in [0.2, 0.25) is 0 Å². The van der Waals surface area contributed by atoms with Gasteiger partial charge in [0.25, 0.3) is 0 Å². The third-order valence-corrected chi connectivity index (χ3v) is 2.48. The lowest BCUT2D eigenvalue weighted by Crippen LogP contribution is -1.79. The van der Waals surface area contributed by atoms with E-state index in [2.05, 4.69) is 26.8 Å². The molecule has 0 aliphatic heterocycles. The van der Waals surface area contributed by atoms with Crippen molar-refractivity contribution in [1.29, 1.82) is 0 Å². The summed E-state index contributed by atoms with van der Waals surface area (Å²) in [5.74, 6) is 0. The molecule has 0 aromatic carbocycles. The van der Waals surface area contributed by atoms with E-state index in [-0.39, 0.29) is 0 Å². The molecule has 0 atom stereocenters. The second-order valence-corrected chi connectivity index (χ2v) is 4.00. The average Bonchev–Trinajstić information content (AvgIpc) is 2.14. The predicted molar refractivity (Wildman–Crippen MR) is 62.0 cm³/mol. The maximum atomic E-state index is 2.44. The first-order valence-electron chi connectivity index (χ1n) is 5.96. The average molecular weight is 182 g/mol. The van der Waals surface area contributed by atoms with E-state index < -0.39 is 0 Å². The molecular formula is C13H26. The fourth-order valence-corrected chi connectivity index (χ4v) is 1.48. The van der Waals surface area contributed by atoms with Gasteiger partial charge in [-0.05, 0) is 32.6 Å². The third kappa shape index (κ3) is 9.66. The molecule has 0 unspecified atom stereocenters. The summed E-state index contributed by atoms with van der Waals surface area (Å²) in [5, 5.41) is 0. The maximum absolute atomic E-state index is 2.44. The van der Waals surface area contributed by atoms with Crippen LogP contribution in [-0.2, 0) is 0 Å². The Balaban J connectivity index is 3.25. The van der Waals surface area contributed by atoms with Crippen LogP contribution in [-0.4, -0.2) is 0 Å². The Morgan fingerprint density at radius 2 is 1.62 bits per heavy atom. The Morgan fingerprint density at radius 3 is 2.23 bits per heavy atom. The van der Waals surface area contributed by atoms with Crippen molar-refractivity contribution in [1.82, 2.24) is 0 Å². The SMILES string of the molecule is CCCCCCC=C(C)CCCC. The van der Waals surface area contributed by atoms with Crippen molar-refractivity contribution in [3.05, 3.63) is 11.6 Å². The second-order valence-electron chi connectivity index (χ2n) is 4.00. The summed E-state index contributed by atoms with van der Waals surface area (Å²) in [4.78, 5) is 0. The molecule has 0 aromatic heterocycles. The molecule has 0 nitrogen and oxygen atoms in total. The lowest BCUT2D eigenvalue weighted by atomic mass is 10.1. The summed E-state index contributed by atoms with van der Waals surface area (Å²) >= 11 is 0. The molecule has 0 radical (unpaired) electrons. The summed E-state index contributed by atoms with van der Waals surface area (Å²) in [6, 6.07) is 0. The van der Waals surface area contributed by atoms with E-state index in [4.69, 9.17) is 0 Å². The van der Waals surface area contributed by atoms with E-state index in [1.807, 2.05) is 0 Å². The summed E-state index contributed by atoms with van der Waals surface area (Å²) in [6.45, 7) is 6.80. The Labute approximate surface area is 84.4 Å². The van der Waals surface area contributed by atoms with Crippen molar-refractivity contribution in [2.45, 2.75) is 72.1 Å². The quantitative estimate of drug-likeness (QED) is 0.362. The molecule has 0 saturated heterocycles. The lowest BCUT2D eigenvalue weighted by molar-refractivity contribution is 0.671. The van der Waals surface area contributed by atoms with Crippen LogP contribution in [0.3, 0.4) is 0 Å². The van der Waals surface area contributed by atoms with Gasteiger partial charge in [-0.1, -0.05) is 51.2 Å². The molecule has 0 fully saturated rings. The van der Waals surface area contributed by atoms with Crippen LogP contribution in [0.25, 0.3) is 0 Å². The lowest BCUT2D eigenvalue weighted by Gasteiger charge is -1.99. The molecule has 0 aromatic rings. The highest BCUT2D eigenvalue weighted by Gasteiger charge is 1.89. The van der Waals surface area contributed by atoms with Crippen LogP contribution >= 0.6 is 0 Å². The number of hydrogen-bond donors (Lipinski definition) is 0. The van der Waals surface area contributed by atoms with Gasteiger partial charge in [0.05, 0.1) is 0 Å². The van der Waals surface area contributed by atoms with Gasteiger partial charge in [-0.3, -0.25) is 0 Å². The van der Waals surface area contributed by atoms with E-state index >= 15 is 0 Å². The molecule has 0 amide bonds. The normalized spacial score (nSPS) is 12.1. The van der Waals surface area contributed by atoms with Gasteiger partial charge < -0.3 is 0 Å². The fourth-order valence-electron chi connectivity index (χ4n) is 1.48. The van der Waals surface area contributed by atoms with Crippen molar-refractivity contribution in [2.24, 2.45) is 0 Å². The van der Waals surface area contributed by atoms with Gasteiger partial charge in [-0.15, -0.1) is 0 Å². The van der Waals surface area contributed by atoms with Gasteiger partial charge in [0.1, 0.15) is 0 Å². The van der Waals surface area contributed by atoms with Crippen molar-refractivity contribution in [3.8, 4) is 0 Å². The van der Waals surface area contributed by atoms with Gasteiger partial charge in [-0.25, -0.2) is 0 Å². The van der Waals surface area contributed by atoms with Gasteiger partial charge in [0.15, 0.2) is 0 Å². The first kappa shape index (κ1) is 12.7. The predicted octanol–water partition coefficient (Wildman–Crippen LogP) is 5.09. The van der Waals surface area contributed by atoms with E-state index in [9.17, 15) is 0 Å². The minimum atomic E-state index is 1.30. The van der Waals surface area contributed by atoms with Crippen molar-refractivity contribution in [3.63, 3.8) is 0 Å². The van der Waals surface area contributed by atoms with Crippen molar-refractivity contribution >= 4 is 0 Å². The summed E-state index contributed by atoms with van der Waals surface area (Å²) in [7, 11) is 0. The molecule has 78 valence electrons. The standard InChI is InChI=1S/C13H26/c1-4-6-8-9-10-12-13(3)11-7-5-2/h12H,4-11H2,1-3H3. The Morgan fingerprint density at radius 1 is 0.923 bits per heavy atom. The Kier molecular flexibility index (Phi) is 9.63. The topological polar surface area (TPSA) is 0 Å². The summed E-state index contributed by atoms with van der Waals surface area (Å²) in [5.41, 5.74) is 1.60. The largest absolute Gasteiger partial charge is 0.0856 e. The molecule has 0 aliphatic rings. The zero-order chi connectivity index (χ0) is 9.94. The highest BCUT2D eigenvalue weighted by molar-refractivity contribution is 4.97. The van der Waals surface area contributed by atoms with Crippen LogP contribution in [0, 0.1) is 0 Å². The monoisotopic (exact) mass is 182 g/mol. The summed E-state index contributed by atoms with van der Waals surface area (Å²) in [6.07, 6.45) is 13.3. The van der Waals surface area contributed by atoms with Crippen molar-refractivity contribution in [2.75, 3.05) is 0 Å². The minimum absolute atomic E-state index is 1.30. The second kappa shape index (κ2) is 9.83. The van der Waals surface area contributed by atoms with Gasteiger partial charge >= 0.3 is 0 Å². The Hall–Kier alpha value is -0.260. The molecule has 0 saturated carbocycles. The minimum Gasteiger partial charge on any atom is -0.0856 e. The highest BCUT2D eigenvalue weighted by atomic mass is 14.0. The molecule has 0 rings (SSSR count). The van der Waals surface area contributed by atoms with Crippen LogP contribution in [0.5, 0.6) is 0 Å². The first-order valence-corrected chi connectivity index (χ1v) is 5.96. The van der Waals surface area contributed by atoms with Crippen LogP contribution in [0.1, 0.15) is 72.1 Å². The maximum Gasteiger partial charge on any atom is -0.0323 e. The van der Waals surface area contributed by atoms with E-state index in [1.54, 1.807) is 5.57 Å². The van der Waals surface area contributed by atoms with E-state index in [0.29, 0.717) is 0 Å². The van der Waals surface area contributed by atoms with Crippen LogP contribution in [0.4, 0.5) is 0 Å². The number of unbranched alkanes of at least 4 members (excludes halogenated alkanes) is 5. The smallest absolute Gasteiger partial charge is 0.0323 e. The molecular weight excluding hydrogens is 156 g/mol. The summed E-state index contributed by atoms with van der Waals surface area (Å²) < 4.78 is 0. The molecule has 0 bridgehead atoms. The fraction of sp³-hybridized carbons (Fsp3) is 0.846. The zero-order valence-corrected chi connectivity index (χ0v) is 9.73. The van der Waals surface area contributed by atoms with Crippen LogP contribution < -0.4 is 0 Å². The molecule has 0 aliphatic carbocycles. The van der Waals surface area contributed by atoms with E-state index in [0.717, 1.165) is 0 Å². The molecule has 0 heteroatoms. The van der Waals surface area contributed by atoms with Gasteiger partial charge in [0, 0.05) is 0 Å². The van der Waals surface area contributed by atoms with Gasteiger partial charge in [0.2, 0.25) is 0 Å².